The van der Waals surface area contributed by atoms with E-state index in [0.717, 1.165) is 16.0 Å². The van der Waals surface area contributed by atoms with E-state index >= 15 is 0 Å². The molecule has 4 rings (SSSR count). The van der Waals surface area contributed by atoms with Crippen molar-refractivity contribution in [1.29, 1.82) is 0 Å². The molecule has 1 aliphatic rings. The summed E-state index contributed by atoms with van der Waals surface area (Å²) in [6, 6.07) is 18.2. The lowest BCUT2D eigenvalue weighted by molar-refractivity contribution is -0.139. The van der Waals surface area contributed by atoms with Crippen LogP contribution in [-0.4, -0.2) is 29.8 Å². The van der Waals surface area contributed by atoms with E-state index in [0.29, 0.717) is 31.4 Å². The maximum atomic E-state index is 13.5. The Balaban J connectivity index is 1.57. The van der Waals surface area contributed by atoms with Gasteiger partial charge in [-0.1, -0.05) is 42.5 Å². The predicted octanol–water partition coefficient (Wildman–Crippen LogP) is 4.43. The third kappa shape index (κ3) is 4.69. The molecule has 1 fully saturated rings. The van der Waals surface area contributed by atoms with Crippen molar-refractivity contribution < 1.29 is 14.0 Å². The van der Waals surface area contributed by atoms with Crippen molar-refractivity contribution >= 4 is 23.2 Å². The molecule has 0 saturated carbocycles. The fraction of sp³-hybridized carbons (Fsp3) is 0.280. The molecule has 0 bridgehead atoms. The first kappa shape index (κ1) is 21.2. The van der Waals surface area contributed by atoms with E-state index in [1.807, 2.05) is 29.6 Å². The third-order valence-corrected chi connectivity index (χ3v) is 6.93. The van der Waals surface area contributed by atoms with Crippen LogP contribution >= 0.6 is 11.3 Å². The zero-order valence-electron chi connectivity index (χ0n) is 17.2. The highest BCUT2D eigenvalue weighted by Crippen LogP contribution is 2.37. The number of halogens is 1. The molecule has 0 spiro atoms. The Morgan fingerprint density at radius 3 is 2.68 bits per heavy atom. The molecule has 1 aliphatic heterocycles. The number of amides is 2. The smallest absolute Gasteiger partial charge is 0.227 e. The fourth-order valence-electron chi connectivity index (χ4n) is 4.42. The second-order valence-corrected chi connectivity index (χ2v) is 9.13. The Bertz CT molecular complexity index is 1080. The molecule has 0 radical (unpaired) electrons. The van der Waals surface area contributed by atoms with Gasteiger partial charge in [0.05, 0.1) is 11.8 Å². The van der Waals surface area contributed by atoms with Gasteiger partial charge < -0.3 is 10.6 Å². The molecule has 1 atom stereocenters. The average Bonchev–Trinajstić information content (AvgIpc) is 3.29. The van der Waals surface area contributed by atoms with Crippen molar-refractivity contribution in [3.8, 4) is 10.4 Å². The molecule has 2 aromatic carbocycles. The number of benzene rings is 2. The summed E-state index contributed by atoms with van der Waals surface area (Å²) in [6.07, 6.45) is 1.95. The number of thiophene rings is 1. The Kier molecular flexibility index (Phi) is 6.18. The Morgan fingerprint density at radius 2 is 1.94 bits per heavy atom. The molecule has 31 heavy (non-hydrogen) atoms. The molecule has 1 unspecified atom stereocenters. The van der Waals surface area contributed by atoms with Crippen LogP contribution in [-0.2, 0) is 22.4 Å². The highest BCUT2D eigenvalue weighted by molar-refractivity contribution is 7.13. The van der Waals surface area contributed by atoms with Crippen molar-refractivity contribution in [2.75, 3.05) is 13.1 Å². The van der Waals surface area contributed by atoms with Gasteiger partial charge in [0.2, 0.25) is 11.8 Å². The maximum Gasteiger partial charge on any atom is 0.227 e. The van der Waals surface area contributed by atoms with E-state index in [-0.39, 0.29) is 30.6 Å². The summed E-state index contributed by atoms with van der Waals surface area (Å²) < 4.78 is 13.5. The highest BCUT2D eigenvalue weighted by Gasteiger charge is 2.42. The lowest BCUT2D eigenvalue weighted by Gasteiger charge is -2.41. The first-order valence-electron chi connectivity index (χ1n) is 10.4. The molecule has 4 nitrogen and oxygen atoms in total. The van der Waals surface area contributed by atoms with Crippen molar-refractivity contribution in [2.45, 2.75) is 25.7 Å². The maximum absolute atomic E-state index is 13.5. The summed E-state index contributed by atoms with van der Waals surface area (Å²) in [6.45, 7) is 0.866. The van der Waals surface area contributed by atoms with Gasteiger partial charge in [-0.25, -0.2) is 4.39 Å². The molecule has 0 aliphatic carbocycles. The highest BCUT2D eigenvalue weighted by atomic mass is 32.1. The standard InChI is InChI=1S/C25H25FN2O2S/c26-20-8-3-6-18(14-20)15-23(29)28-12-5-11-25(17-28,24(27)30)16-19-7-1-2-9-21(19)22-10-4-13-31-22/h1-4,6-10,13-14H,5,11-12,15-17H2,(H2,27,30). The van der Waals surface area contributed by atoms with Gasteiger partial charge in [-0.05, 0) is 59.5 Å². The molecule has 160 valence electrons. The van der Waals surface area contributed by atoms with Crippen LogP contribution in [0.15, 0.2) is 66.0 Å². The molecule has 2 amide bonds. The van der Waals surface area contributed by atoms with E-state index in [4.69, 9.17) is 5.73 Å². The van der Waals surface area contributed by atoms with Crippen LogP contribution in [0, 0.1) is 11.2 Å². The van der Waals surface area contributed by atoms with Crippen LogP contribution in [0.3, 0.4) is 0 Å². The molecule has 1 saturated heterocycles. The van der Waals surface area contributed by atoms with Gasteiger partial charge >= 0.3 is 0 Å². The summed E-state index contributed by atoms with van der Waals surface area (Å²) in [5, 5.41) is 2.03. The number of primary amides is 1. The number of hydrogen-bond donors (Lipinski definition) is 1. The van der Waals surface area contributed by atoms with Gasteiger partial charge in [0, 0.05) is 18.0 Å². The molecular formula is C25H25FN2O2S. The van der Waals surface area contributed by atoms with Gasteiger partial charge in [-0.15, -0.1) is 11.3 Å². The first-order chi connectivity index (χ1) is 15.0. The number of piperidine rings is 1. The summed E-state index contributed by atoms with van der Waals surface area (Å²) in [5.74, 6) is -0.847. The van der Waals surface area contributed by atoms with E-state index in [2.05, 4.69) is 12.1 Å². The number of hydrogen-bond acceptors (Lipinski definition) is 3. The molecule has 2 N–H and O–H groups in total. The second-order valence-electron chi connectivity index (χ2n) is 8.18. The van der Waals surface area contributed by atoms with Crippen molar-refractivity contribution in [2.24, 2.45) is 11.1 Å². The van der Waals surface area contributed by atoms with Crippen LogP contribution in [0.25, 0.3) is 10.4 Å². The monoisotopic (exact) mass is 436 g/mol. The van der Waals surface area contributed by atoms with Crippen LogP contribution in [0.5, 0.6) is 0 Å². The number of rotatable bonds is 6. The Hall–Kier alpha value is -2.99. The zero-order chi connectivity index (χ0) is 21.8. The lowest BCUT2D eigenvalue weighted by Crippen LogP contribution is -2.53. The van der Waals surface area contributed by atoms with E-state index in [1.54, 1.807) is 28.4 Å². The van der Waals surface area contributed by atoms with E-state index in [9.17, 15) is 14.0 Å². The van der Waals surface area contributed by atoms with Crippen LogP contribution in [0.2, 0.25) is 0 Å². The summed E-state index contributed by atoms with van der Waals surface area (Å²) in [4.78, 5) is 28.5. The number of carbonyl (C=O) groups is 2. The minimum Gasteiger partial charge on any atom is -0.369 e. The van der Waals surface area contributed by atoms with E-state index in [1.165, 1.54) is 12.1 Å². The van der Waals surface area contributed by atoms with Gasteiger partial charge in [-0.3, -0.25) is 9.59 Å². The Morgan fingerprint density at radius 1 is 1.10 bits per heavy atom. The number of nitrogens with two attached hydrogens (primary N) is 1. The molecule has 3 aromatic rings. The SMILES string of the molecule is NC(=O)C1(Cc2ccccc2-c2cccs2)CCCN(C(=O)Cc2cccc(F)c2)C1. The molecule has 1 aromatic heterocycles. The number of likely N-dealkylation sites (tertiary alicyclic amines) is 1. The quantitative estimate of drug-likeness (QED) is 0.621. The van der Waals surface area contributed by atoms with Gasteiger partial charge in [-0.2, -0.15) is 0 Å². The van der Waals surface area contributed by atoms with Crippen molar-refractivity contribution in [3.63, 3.8) is 0 Å². The van der Waals surface area contributed by atoms with Gasteiger partial charge in [0.1, 0.15) is 5.82 Å². The van der Waals surface area contributed by atoms with Crippen LogP contribution < -0.4 is 5.73 Å². The molecule has 6 heteroatoms. The first-order valence-corrected chi connectivity index (χ1v) is 11.3. The Labute approximate surface area is 185 Å². The predicted molar refractivity (Wildman–Crippen MR) is 121 cm³/mol. The minimum absolute atomic E-state index is 0.109. The minimum atomic E-state index is -0.816. The van der Waals surface area contributed by atoms with Crippen molar-refractivity contribution in [1.82, 2.24) is 4.90 Å². The van der Waals surface area contributed by atoms with Gasteiger partial charge in [0.15, 0.2) is 0 Å². The lowest BCUT2D eigenvalue weighted by atomic mass is 9.73. The van der Waals surface area contributed by atoms with Crippen LogP contribution in [0.4, 0.5) is 4.39 Å². The van der Waals surface area contributed by atoms with Crippen molar-refractivity contribution in [3.05, 3.63) is 83.0 Å². The second kappa shape index (κ2) is 9.02. The summed E-state index contributed by atoms with van der Waals surface area (Å²) in [7, 11) is 0. The molecular weight excluding hydrogens is 411 g/mol. The third-order valence-electron chi connectivity index (χ3n) is 6.03. The molecule has 2 heterocycles. The summed E-state index contributed by atoms with van der Waals surface area (Å²) >= 11 is 1.66. The summed E-state index contributed by atoms with van der Waals surface area (Å²) in [5.41, 5.74) is 7.90. The normalized spacial score (nSPS) is 18.7. The van der Waals surface area contributed by atoms with Crippen LogP contribution in [0.1, 0.15) is 24.0 Å². The largest absolute Gasteiger partial charge is 0.369 e. The zero-order valence-corrected chi connectivity index (χ0v) is 18.0. The van der Waals surface area contributed by atoms with Gasteiger partial charge in [0.25, 0.3) is 0 Å². The number of nitrogens with zero attached hydrogens (tertiary/aromatic N) is 1. The average molecular weight is 437 g/mol. The fourth-order valence-corrected chi connectivity index (χ4v) is 5.21. The topological polar surface area (TPSA) is 63.4 Å². The number of carbonyl (C=O) groups excluding carboxylic acids is 2. The van der Waals surface area contributed by atoms with E-state index < -0.39 is 5.41 Å².